The fourth-order valence-electron chi connectivity index (χ4n) is 2.48. The molecule has 2 atom stereocenters. The maximum Gasteiger partial charge on any atom is 0.306 e. The van der Waals surface area contributed by atoms with Gasteiger partial charge in [-0.05, 0) is 18.1 Å². The molecule has 4 heteroatoms. The molecule has 1 fully saturated rings. The Balaban J connectivity index is 2.20. The number of hydrogen-bond donors (Lipinski definition) is 0. The first-order valence-corrected chi connectivity index (χ1v) is 7.13. The van der Waals surface area contributed by atoms with Crippen LogP contribution in [0.1, 0.15) is 18.1 Å². The van der Waals surface area contributed by atoms with Gasteiger partial charge in [-0.15, -0.1) is 0 Å². The summed E-state index contributed by atoms with van der Waals surface area (Å²) in [6.07, 6.45) is -0.321. The van der Waals surface area contributed by atoms with Crippen LogP contribution in [0.2, 0.25) is 0 Å². The Labute approximate surface area is 115 Å². The van der Waals surface area contributed by atoms with Gasteiger partial charge in [0.15, 0.2) is 5.60 Å². The van der Waals surface area contributed by atoms with E-state index in [-0.39, 0.29) is 6.10 Å². The van der Waals surface area contributed by atoms with Crippen molar-refractivity contribution in [3.8, 4) is 0 Å². The lowest BCUT2D eigenvalue weighted by atomic mass is 9.82. The van der Waals surface area contributed by atoms with Crippen molar-refractivity contribution in [2.45, 2.75) is 18.6 Å². The largest absolute Gasteiger partial charge is 0.306 e. The summed E-state index contributed by atoms with van der Waals surface area (Å²) in [5.74, 6) is 0. The molecular weight excluding hydrogens is 260 g/mol. The zero-order valence-corrected chi connectivity index (χ0v) is 11.3. The molecule has 98 valence electrons. The third-order valence-electron chi connectivity index (χ3n) is 3.40. The first-order valence-electron chi connectivity index (χ1n) is 6.13. The molecule has 0 aromatic heterocycles. The first kappa shape index (κ1) is 12.5. The molecule has 2 aromatic carbocycles. The van der Waals surface area contributed by atoms with Gasteiger partial charge in [0.2, 0.25) is 0 Å². The lowest BCUT2D eigenvalue weighted by Crippen LogP contribution is -2.36. The Morgan fingerprint density at radius 3 is 1.79 bits per heavy atom. The van der Waals surface area contributed by atoms with Crippen LogP contribution in [0.25, 0.3) is 0 Å². The van der Waals surface area contributed by atoms with E-state index >= 15 is 0 Å². The standard InChI is InChI=1S/C15H14O3S/c1-12-15(18-19(16)17-12,13-8-4-2-5-9-13)14-10-6-3-7-11-14/h2-12H,1H3/t12-,19+/m1/s1. The van der Waals surface area contributed by atoms with E-state index < -0.39 is 17.0 Å². The molecular formula is C15H14O3S. The maximum absolute atomic E-state index is 11.7. The van der Waals surface area contributed by atoms with Crippen molar-refractivity contribution in [3.05, 3.63) is 71.8 Å². The van der Waals surface area contributed by atoms with E-state index in [0.29, 0.717) is 0 Å². The molecule has 1 saturated heterocycles. The van der Waals surface area contributed by atoms with Gasteiger partial charge >= 0.3 is 11.4 Å². The molecule has 0 N–H and O–H groups in total. The van der Waals surface area contributed by atoms with Crippen molar-refractivity contribution in [2.24, 2.45) is 0 Å². The second-order valence-electron chi connectivity index (χ2n) is 4.49. The Kier molecular flexibility index (Phi) is 3.22. The van der Waals surface area contributed by atoms with E-state index in [2.05, 4.69) is 0 Å². The van der Waals surface area contributed by atoms with Crippen LogP contribution in [0, 0.1) is 0 Å². The fraction of sp³-hybridized carbons (Fsp3) is 0.200. The number of benzene rings is 2. The minimum Gasteiger partial charge on any atom is -0.262 e. The van der Waals surface area contributed by atoms with Crippen molar-refractivity contribution in [1.82, 2.24) is 0 Å². The maximum atomic E-state index is 11.7. The highest BCUT2D eigenvalue weighted by Crippen LogP contribution is 2.43. The van der Waals surface area contributed by atoms with Gasteiger partial charge in [0.05, 0.1) is 0 Å². The topological polar surface area (TPSA) is 35.5 Å². The molecule has 1 aliphatic heterocycles. The van der Waals surface area contributed by atoms with E-state index in [1.54, 1.807) is 0 Å². The predicted octanol–water partition coefficient (Wildman–Crippen LogP) is 2.94. The molecule has 1 aliphatic rings. The van der Waals surface area contributed by atoms with Crippen molar-refractivity contribution in [2.75, 3.05) is 0 Å². The van der Waals surface area contributed by atoms with Crippen LogP contribution in [-0.4, -0.2) is 10.3 Å². The summed E-state index contributed by atoms with van der Waals surface area (Å²) in [5.41, 5.74) is 1.08. The van der Waals surface area contributed by atoms with Crippen LogP contribution in [-0.2, 0) is 25.3 Å². The smallest absolute Gasteiger partial charge is 0.262 e. The predicted molar refractivity (Wildman–Crippen MR) is 73.4 cm³/mol. The summed E-state index contributed by atoms with van der Waals surface area (Å²) in [5, 5.41) is 0. The SMILES string of the molecule is C[C@H]1O[S@](=O)OC1(c1ccccc1)c1ccccc1. The van der Waals surface area contributed by atoms with E-state index in [4.69, 9.17) is 8.37 Å². The van der Waals surface area contributed by atoms with Gasteiger partial charge in [0.1, 0.15) is 6.10 Å². The molecule has 0 unspecified atom stereocenters. The van der Waals surface area contributed by atoms with Crippen LogP contribution in [0.15, 0.2) is 60.7 Å². The molecule has 2 aromatic rings. The van der Waals surface area contributed by atoms with E-state index in [9.17, 15) is 4.21 Å². The van der Waals surface area contributed by atoms with Gasteiger partial charge in [-0.3, -0.25) is 4.18 Å². The van der Waals surface area contributed by atoms with Gasteiger partial charge in [0.25, 0.3) is 0 Å². The summed E-state index contributed by atoms with van der Waals surface area (Å²) >= 11 is -1.72. The number of rotatable bonds is 2. The highest BCUT2D eigenvalue weighted by molar-refractivity contribution is 7.75. The minimum atomic E-state index is -1.72. The zero-order valence-electron chi connectivity index (χ0n) is 10.5. The molecule has 3 nitrogen and oxygen atoms in total. The van der Waals surface area contributed by atoms with Crippen LogP contribution < -0.4 is 0 Å². The molecule has 0 aliphatic carbocycles. The zero-order chi connectivity index (χ0) is 13.3. The Morgan fingerprint density at radius 1 is 0.947 bits per heavy atom. The average Bonchev–Trinajstić information content (AvgIpc) is 2.76. The normalized spacial score (nSPS) is 25.3. The van der Waals surface area contributed by atoms with E-state index in [1.165, 1.54) is 0 Å². The molecule has 0 spiro atoms. The van der Waals surface area contributed by atoms with Crippen molar-refractivity contribution >= 4 is 11.4 Å². The van der Waals surface area contributed by atoms with Gasteiger partial charge in [0, 0.05) is 0 Å². The van der Waals surface area contributed by atoms with E-state index in [0.717, 1.165) is 11.1 Å². The summed E-state index contributed by atoms with van der Waals surface area (Å²) < 4.78 is 22.7. The van der Waals surface area contributed by atoms with Gasteiger partial charge in [-0.2, -0.15) is 4.21 Å². The third kappa shape index (κ3) is 2.02. The summed E-state index contributed by atoms with van der Waals surface area (Å²) in [4.78, 5) is 0. The van der Waals surface area contributed by atoms with E-state index in [1.807, 2.05) is 67.6 Å². The van der Waals surface area contributed by atoms with Crippen molar-refractivity contribution in [3.63, 3.8) is 0 Å². The van der Waals surface area contributed by atoms with Crippen LogP contribution >= 0.6 is 0 Å². The third-order valence-corrected chi connectivity index (χ3v) is 4.24. The number of hydrogen-bond acceptors (Lipinski definition) is 3. The molecule has 0 saturated carbocycles. The quantitative estimate of drug-likeness (QED) is 0.844. The fourth-order valence-corrected chi connectivity index (χ4v) is 3.44. The molecule has 1 heterocycles. The van der Waals surface area contributed by atoms with Crippen molar-refractivity contribution < 1.29 is 12.6 Å². The average molecular weight is 274 g/mol. The first-order chi connectivity index (χ1) is 9.23. The molecule has 0 radical (unpaired) electrons. The van der Waals surface area contributed by atoms with Gasteiger partial charge in [-0.1, -0.05) is 60.7 Å². The van der Waals surface area contributed by atoms with Crippen molar-refractivity contribution in [1.29, 1.82) is 0 Å². The lowest BCUT2D eigenvalue weighted by molar-refractivity contribution is 0.0859. The van der Waals surface area contributed by atoms with Gasteiger partial charge < -0.3 is 0 Å². The Morgan fingerprint density at radius 2 is 1.42 bits per heavy atom. The van der Waals surface area contributed by atoms with Crippen LogP contribution in [0.4, 0.5) is 0 Å². The highest BCUT2D eigenvalue weighted by atomic mass is 32.2. The Hall–Kier alpha value is -1.49. The highest BCUT2D eigenvalue weighted by Gasteiger charge is 2.50. The second kappa shape index (κ2) is 4.89. The minimum absolute atomic E-state index is 0.321. The van der Waals surface area contributed by atoms with Gasteiger partial charge in [-0.25, -0.2) is 4.18 Å². The molecule has 0 bridgehead atoms. The van der Waals surface area contributed by atoms with Crippen LogP contribution in [0.5, 0.6) is 0 Å². The molecule has 19 heavy (non-hydrogen) atoms. The summed E-state index contributed by atoms with van der Waals surface area (Å²) in [7, 11) is 0. The van der Waals surface area contributed by atoms with Crippen LogP contribution in [0.3, 0.4) is 0 Å². The summed E-state index contributed by atoms with van der Waals surface area (Å²) in [6, 6.07) is 19.5. The molecule has 3 rings (SSSR count). The summed E-state index contributed by atoms with van der Waals surface area (Å²) in [6.45, 7) is 1.88. The lowest BCUT2D eigenvalue weighted by Gasteiger charge is -2.30. The Bertz CT molecular complexity index is 543. The molecule has 0 amide bonds. The second-order valence-corrected chi connectivity index (χ2v) is 5.26. The monoisotopic (exact) mass is 274 g/mol.